The van der Waals surface area contributed by atoms with E-state index in [0.717, 1.165) is 27.8 Å². The third kappa shape index (κ3) is 3.55. The summed E-state index contributed by atoms with van der Waals surface area (Å²) >= 11 is 0. The van der Waals surface area contributed by atoms with Crippen LogP contribution in [0.25, 0.3) is 0 Å². The molecule has 0 amide bonds. The van der Waals surface area contributed by atoms with Crippen LogP contribution in [0.5, 0.6) is 0 Å². The molecule has 0 saturated carbocycles. The van der Waals surface area contributed by atoms with E-state index in [9.17, 15) is 13.5 Å². The second-order valence-corrected chi connectivity index (χ2v) is 7.18. The smallest absolute Gasteiger partial charge is 0.241 e. The highest BCUT2D eigenvalue weighted by Crippen LogP contribution is 2.22. The van der Waals surface area contributed by atoms with Gasteiger partial charge in [0.2, 0.25) is 10.0 Å². The molecule has 2 rings (SSSR count). The molecule has 22 heavy (non-hydrogen) atoms. The fraction of sp³-hybridized carbons (Fsp3) is 0.294. The van der Waals surface area contributed by atoms with Crippen LogP contribution in [-0.4, -0.2) is 13.5 Å². The predicted octanol–water partition coefficient (Wildman–Crippen LogP) is 2.58. The first-order valence-electron chi connectivity index (χ1n) is 7.10. The summed E-state index contributed by atoms with van der Waals surface area (Å²) in [7, 11) is -3.59. The first-order valence-corrected chi connectivity index (χ1v) is 8.58. The molecule has 0 radical (unpaired) electrons. The van der Waals surface area contributed by atoms with Crippen LogP contribution in [0, 0.1) is 20.8 Å². The van der Waals surface area contributed by atoms with E-state index < -0.39 is 10.0 Å². The number of rotatable bonds is 5. The van der Waals surface area contributed by atoms with E-state index in [2.05, 4.69) is 4.72 Å². The van der Waals surface area contributed by atoms with Gasteiger partial charge in [-0.25, -0.2) is 13.1 Å². The highest BCUT2D eigenvalue weighted by atomic mass is 32.2. The predicted molar refractivity (Wildman–Crippen MR) is 87.0 cm³/mol. The van der Waals surface area contributed by atoms with Gasteiger partial charge in [0.05, 0.1) is 11.5 Å². The molecule has 0 heterocycles. The maximum absolute atomic E-state index is 12.6. The third-order valence-corrected chi connectivity index (χ3v) is 5.32. The van der Waals surface area contributed by atoms with Crippen molar-refractivity contribution >= 4 is 10.0 Å². The van der Waals surface area contributed by atoms with Gasteiger partial charge < -0.3 is 5.11 Å². The lowest BCUT2D eigenvalue weighted by molar-refractivity contribution is 0.280. The van der Waals surface area contributed by atoms with Crippen molar-refractivity contribution in [1.29, 1.82) is 0 Å². The average Bonchev–Trinajstić information content (AvgIpc) is 2.44. The first kappa shape index (κ1) is 16.7. The van der Waals surface area contributed by atoms with Gasteiger partial charge in [-0.1, -0.05) is 42.0 Å². The van der Waals surface area contributed by atoms with E-state index in [0.29, 0.717) is 4.90 Å². The number of aliphatic hydroxyl groups is 1. The lowest BCUT2D eigenvalue weighted by atomic mass is 10.1. The summed E-state index contributed by atoms with van der Waals surface area (Å²) < 4.78 is 27.8. The van der Waals surface area contributed by atoms with Crippen molar-refractivity contribution in [1.82, 2.24) is 4.72 Å². The van der Waals surface area contributed by atoms with E-state index >= 15 is 0 Å². The van der Waals surface area contributed by atoms with E-state index in [1.807, 2.05) is 37.3 Å². The lowest BCUT2D eigenvalue weighted by Gasteiger charge is -2.14. The summed E-state index contributed by atoms with van der Waals surface area (Å²) in [6.07, 6.45) is 0. The molecule has 0 spiro atoms. The zero-order chi connectivity index (χ0) is 16.3. The van der Waals surface area contributed by atoms with Gasteiger partial charge in [-0.3, -0.25) is 0 Å². The summed E-state index contributed by atoms with van der Waals surface area (Å²) in [5.41, 5.74) is 4.01. The number of benzene rings is 2. The monoisotopic (exact) mass is 319 g/mol. The van der Waals surface area contributed by atoms with Gasteiger partial charge in [0.1, 0.15) is 0 Å². The van der Waals surface area contributed by atoms with Crippen LogP contribution in [-0.2, 0) is 23.2 Å². The molecule has 0 aliphatic carbocycles. The van der Waals surface area contributed by atoms with Gasteiger partial charge in [0.25, 0.3) is 0 Å². The summed E-state index contributed by atoms with van der Waals surface area (Å²) in [6, 6.07) is 11.0. The maximum atomic E-state index is 12.6. The third-order valence-electron chi connectivity index (χ3n) is 3.61. The first-order chi connectivity index (χ1) is 10.3. The van der Waals surface area contributed by atoms with Gasteiger partial charge in [-0.15, -0.1) is 0 Å². The highest BCUT2D eigenvalue weighted by molar-refractivity contribution is 7.89. The van der Waals surface area contributed by atoms with Gasteiger partial charge >= 0.3 is 0 Å². The van der Waals surface area contributed by atoms with Crippen molar-refractivity contribution in [2.45, 2.75) is 38.8 Å². The average molecular weight is 319 g/mol. The molecule has 0 bridgehead atoms. The standard InChI is InChI=1S/C17H21NO3S/c1-12-8-13(2)17(14(3)9-12)22(20,21)18-10-15-6-4-5-7-16(15)11-19/h4-9,18-19H,10-11H2,1-3H3. The van der Waals surface area contributed by atoms with Crippen molar-refractivity contribution in [3.8, 4) is 0 Å². The Hall–Kier alpha value is -1.69. The Balaban J connectivity index is 2.29. The molecule has 0 unspecified atom stereocenters. The molecular formula is C17H21NO3S. The second kappa shape index (κ2) is 6.60. The Kier molecular flexibility index (Phi) is 5.01. The Morgan fingerprint density at radius 2 is 1.55 bits per heavy atom. The highest BCUT2D eigenvalue weighted by Gasteiger charge is 2.19. The minimum Gasteiger partial charge on any atom is -0.392 e. The summed E-state index contributed by atoms with van der Waals surface area (Å²) in [4.78, 5) is 0.333. The topological polar surface area (TPSA) is 66.4 Å². The summed E-state index contributed by atoms with van der Waals surface area (Å²) in [6.45, 7) is 5.60. The number of sulfonamides is 1. The van der Waals surface area contributed by atoms with Crippen LogP contribution in [0.3, 0.4) is 0 Å². The van der Waals surface area contributed by atoms with Crippen LogP contribution < -0.4 is 4.72 Å². The molecule has 118 valence electrons. The maximum Gasteiger partial charge on any atom is 0.241 e. The lowest BCUT2D eigenvalue weighted by Crippen LogP contribution is -2.25. The minimum atomic E-state index is -3.59. The van der Waals surface area contributed by atoms with E-state index in [1.54, 1.807) is 19.9 Å². The molecule has 0 fully saturated rings. The van der Waals surface area contributed by atoms with Crippen LogP contribution in [0.4, 0.5) is 0 Å². The Labute approximate surface area is 131 Å². The fourth-order valence-electron chi connectivity index (χ4n) is 2.72. The van der Waals surface area contributed by atoms with Crippen LogP contribution in [0.1, 0.15) is 27.8 Å². The van der Waals surface area contributed by atoms with Crippen molar-refractivity contribution in [2.24, 2.45) is 0 Å². The van der Waals surface area contributed by atoms with Crippen molar-refractivity contribution in [3.05, 3.63) is 64.2 Å². The normalized spacial score (nSPS) is 11.6. The Bertz CT molecular complexity index is 759. The van der Waals surface area contributed by atoms with Crippen LogP contribution in [0.15, 0.2) is 41.3 Å². The molecule has 0 aromatic heterocycles. The van der Waals surface area contributed by atoms with Crippen LogP contribution in [0.2, 0.25) is 0 Å². The second-order valence-electron chi connectivity index (χ2n) is 5.48. The van der Waals surface area contributed by atoms with Crippen molar-refractivity contribution in [2.75, 3.05) is 0 Å². The number of nitrogens with one attached hydrogen (secondary N) is 1. The molecular weight excluding hydrogens is 298 g/mol. The van der Waals surface area contributed by atoms with E-state index in [-0.39, 0.29) is 13.2 Å². The Morgan fingerprint density at radius 3 is 2.09 bits per heavy atom. The fourth-order valence-corrected chi connectivity index (χ4v) is 4.18. The minimum absolute atomic E-state index is 0.111. The largest absolute Gasteiger partial charge is 0.392 e. The molecule has 4 nitrogen and oxygen atoms in total. The number of aryl methyl sites for hydroxylation is 3. The van der Waals surface area contributed by atoms with E-state index in [4.69, 9.17) is 0 Å². The van der Waals surface area contributed by atoms with Gasteiger partial charge in [-0.2, -0.15) is 0 Å². The van der Waals surface area contributed by atoms with Gasteiger partial charge in [-0.05, 0) is 43.0 Å². The molecule has 0 aliphatic rings. The van der Waals surface area contributed by atoms with Gasteiger partial charge in [0, 0.05) is 6.54 Å². The zero-order valence-electron chi connectivity index (χ0n) is 13.1. The molecule has 5 heteroatoms. The number of hydrogen-bond acceptors (Lipinski definition) is 3. The van der Waals surface area contributed by atoms with Crippen LogP contribution >= 0.6 is 0 Å². The number of aliphatic hydroxyl groups excluding tert-OH is 1. The zero-order valence-corrected chi connectivity index (χ0v) is 13.9. The summed E-state index contributed by atoms with van der Waals surface area (Å²) in [5, 5.41) is 9.31. The number of hydrogen-bond donors (Lipinski definition) is 2. The van der Waals surface area contributed by atoms with Crippen molar-refractivity contribution < 1.29 is 13.5 Å². The molecule has 0 aliphatic heterocycles. The van der Waals surface area contributed by atoms with Crippen molar-refractivity contribution in [3.63, 3.8) is 0 Å². The SMILES string of the molecule is Cc1cc(C)c(S(=O)(=O)NCc2ccccc2CO)c(C)c1. The molecule has 2 aromatic rings. The molecule has 0 saturated heterocycles. The quantitative estimate of drug-likeness (QED) is 0.890. The van der Waals surface area contributed by atoms with E-state index in [1.165, 1.54) is 0 Å². The molecule has 2 aromatic carbocycles. The summed E-state index contributed by atoms with van der Waals surface area (Å²) in [5.74, 6) is 0. The molecule has 0 atom stereocenters. The van der Waals surface area contributed by atoms with Gasteiger partial charge in [0.15, 0.2) is 0 Å². The molecule has 2 N–H and O–H groups in total. The Morgan fingerprint density at radius 1 is 1.00 bits per heavy atom.